The van der Waals surface area contributed by atoms with Gasteiger partial charge in [-0.25, -0.2) is 0 Å². The molecule has 1 aromatic heterocycles. The van der Waals surface area contributed by atoms with E-state index in [-0.39, 0.29) is 6.04 Å². The van der Waals surface area contributed by atoms with Crippen LogP contribution < -0.4 is 5.73 Å². The van der Waals surface area contributed by atoms with Crippen LogP contribution in [0.3, 0.4) is 0 Å². The van der Waals surface area contributed by atoms with Crippen molar-refractivity contribution in [2.45, 2.75) is 19.5 Å². The normalized spacial score (nSPS) is 12.7. The molecule has 0 aliphatic heterocycles. The van der Waals surface area contributed by atoms with Gasteiger partial charge < -0.3 is 5.73 Å². The second kappa shape index (κ2) is 5.33. The van der Waals surface area contributed by atoms with E-state index < -0.39 is 0 Å². The number of hydrogen-bond acceptors (Lipinski definition) is 2. The molecule has 17 heavy (non-hydrogen) atoms. The molecule has 90 valence electrons. The zero-order valence-electron chi connectivity index (χ0n) is 9.40. The van der Waals surface area contributed by atoms with Gasteiger partial charge in [-0.2, -0.15) is 5.10 Å². The molecule has 0 radical (unpaired) electrons. The maximum Gasteiger partial charge on any atom is 0.0738 e. The van der Waals surface area contributed by atoms with E-state index in [2.05, 4.69) is 43.9 Å². The monoisotopic (exact) mass is 357 g/mol. The van der Waals surface area contributed by atoms with Gasteiger partial charge in [-0.05, 0) is 40.5 Å². The fourth-order valence-corrected chi connectivity index (χ4v) is 2.75. The maximum atomic E-state index is 6.30. The van der Waals surface area contributed by atoms with Crippen molar-refractivity contribution in [1.29, 1.82) is 0 Å². The van der Waals surface area contributed by atoms with Crippen LogP contribution in [-0.2, 0) is 6.54 Å². The van der Waals surface area contributed by atoms with E-state index in [1.807, 2.05) is 28.9 Å². The van der Waals surface area contributed by atoms with Gasteiger partial charge in [-0.1, -0.05) is 28.1 Å². The molecule has 2 rings (SSSR count). The second-order valence-electron chi connectivity index (χ2n) is 3.73. The summed E-state index contributed by atoms with van der Waals surface area (Å²) >= 11 is 6.96. The lowest BCUT2D eigenvalue weighted by Crippen LogP contribution is -2.17. The minimum atomic E-state index is -0.177. The average molecular weight is 359 g/mol. The van der Waals surface area contributed by atoms with Crippen LogP contribution in [0.2, 0.25) is 0 Å². The quantitative estimate of drug-likeness (QED) is 0.912. The van der Waals surface area contributed by atoms with Crippen LogP contribution in [0, 0.1) is 0 Å². The minimum Gasteiger partial charge on any atom is -0.319 e. The standard InChI is InChI=1S/C12H13Br2N3/c1-2-17-12(10(14)7-16-17)11(15)8-4-3-5-9(13)6-8/h3-7,11H,2,15H2,1H3. The molecule has 5 heteroatoms. The summed E-state index contributed by atoms with van der Waals surface area (Å²) in [6.45, 7) is 2.86. The number of aromatic nitrogens is 2. The van der Waals surface area contributed by atoms with Gasteiger partial charge in [0.05, 0.1) is 22.4 Å². The molecule has 0 aliphatic carbocycles. The van der Waals surface area contributed by atoms with Crippen LogP contribution in [0.25, 0.3) is 0 Å². The van der Waals surface area contributed by atoms with Gasteiger partial charge in [0.15, 0.2) is 0 Å². The molecular formula is C12H13Br2N3. The zero-order valence-corrected chi connectivity index (χ0v) is 12.6. The van der Waals surface area contributed by atoms with Crippen molar-refractivity contribution in [1.82, 2.24) is 9.78 Å². The molecule has 1 unspecified atom stereocenters. The highest BCUT2D eigenvalue weighted by molar-refractivity contribution is 9.10. The SMILES string of the molecule is CCn1ncc(Br)c1C(N)c1cccc(Br)c1. The first-order chi connectivity index (χ1) is 8.13. The molecular weight excluding hydrogens is 346 g/mol. The molecule has 0 bridgehead atoms. The largest absolute Gasteiger partial charge is 0.319 e. The lowest BCUT2D eigenvalue weighted by atomic mass is 10.1. The van der Waals surface area contributed by atoms with Crippen molar-refractivity contribution in [3.05, 3.63) is 50.7 Å². The third kappa shape index (κ3) is 2.61. The van der Waals surface area contributed by atoms with Crippen LogP contribution in [0.4, 0.5) is 0 Å². The number of benzene rings is 1. The van der Waals surface area contributed by atoms with Crippen molar-refractivity contribution in [2.24, 2.45) is 5.73 Å². The van der Waals surface area contributed by atoms with Gasteiger partial charge in [-0.15, -0.1) is 0 Å². The summed E-state index contributed by atoms with van der Waals surface area (Å²) < 4.78 is 3.89. The molecule has 0 saturated carbocycles. The van der Waals surface area contributed by atoms with Crippen LogP contribution in [-0.4, -0.2) is 9.78 Å². The van der Waals surface area contributed by atoms with Gasteiger partial charge >= 0.3 is 0 Å². The Labute approximate surface area is 117 Å². The Morgan fingerprint density at radius 2 is 2.18 bits per heavy atom. The van der Waals surface area contributed by atoms with Crippen molar-refractivity contribution in [3.63, 3.8) is 0 Å². The lowest BCUT2D eigenvalue weighted by molar-refractivity contribution is 0.599. The molecule has 2 N–H and O–H groups in total. The third-order valence-corrected chi connectivity index (χ3v) is 3.74. The van der Waals surface area contributed by atoms with Gasteiger partial charge in [0, 0.05) is 11.0 Å². The number of halogens is 2. The smallest absolute Gasteiger partial charge is 0.0738 e. The number of hydrogen-bond donors (Lipinski definition) is 1. The topological polar surface area (TPSA) is 43.8 Å². The molecule has 1 heterocycles. The summed E-state index contributed by atoms with van der Waals surface area (Å²) in [4.78, 5) is 0. The van der Waals surface area contributed by atoms with Crippen LogP contribution >= 0.6 is 31.9 Å². The van der Waals surface area contributed by atoms with Crippen molar-refractivity contribution >= 4 is 31.9 Å². The number of nitrogens with two attached hydrogens (primary N) is 1. The fraction of sp³-hybridized carbons (Fsp3) is 0.250. The summed E-state index contributed by atoms with van der Waals surface area (Å²) in [5, 5.41) is 4.28. The molecule has 0 amide bonds. The molecule has 0 fully saturated rings. The third-order valence-electron chi connectivity index (χ3n) is 2.64. The molecule has 0 aliphatic rings. The van der Waals surface area contributed by atoms with Gasteiger partial charge in [-0.3, -0.25) is 4.68 Å². The summed E-state index contributed by atoms with van der Waals surface area (Å²) in [5.74, 6) is 0. The van der Waals surface area contributed by atoms with Crippen LogP contribution in [0.5, 0.6) is 0 Å². The Hall–Kier alpha value is -0.650. The molecule has 0 spiro atoms. The van der Waals surface area contributed by atoms with Gasteiger partial charge in [0.2, 0.25) is 0 Å². The first kappa shape index (κ1) is 12.8. The predicted molar refractivity (Wildman–Crippen MR) is 75.8 cm³/mol. The summed E-state index contributed by atoms with van der Waals surface area (Å²) in [6, 6.07) is 7.85. The van der Waals surface area contributed by atoms with Gasteiger partial charge in [0.25, 0.3) is 0 Å². The first-order valence-corrected chi connectivity index (χ1v) is 6.94. The Morgan fingerprint density at radius 1 is 1.41 bits per heavy atom. The first-order valence-electron chi connectivity index (χ1n) is 5.35. The van der Waals surface area contributed by atoms with Crippen LogP contribution in [0.1, 0.15) is 24.2 Å². The number of nitrogens with zero attached hydrogens (tertiary/aromatic N) is 2. The average Bonchev–Trinajstić information content (AvgIpc) is 2.69. The summed E-state index contributed by atoms with van der Waals surface area (Å²) in [6.07, 6.45) is 1.79. The van der Waals surface area contributed by atoms with E-state index in [1.54, 1.807) is 6.20 Å². The highest BCUT2D eigenvalue weighted by atomic mass is 79.9. The second-order valence-corrected chi connectivity index (χ2v) is 5.50. The van der Waals surface area contributed by atoms with Crippen molar-refractivity contribution < 1.29 is 0 Å². The summed E-state index contributed by atoms with van der Waals surface area (Å²) in [7, 11) is 0. The highest BCUT2D eigenvalue weighted by Gasteiger charge is 2.17. The van der Waals surface area contributed by atoms with E-state index in [4.69, 9.17) is 5.73 Å². The van der Waals surface area contributed by atoms with Crippen molar-refractivity contribution in [3.8, 4) is 0 Å². The van der Waals surface area contributed by atoms with E-state index >= 15 is 0 Å². The fourth-order valence-electron chi connectivity index (χ4n) is 1.79. The molecule has 2 aromatic rings. The molecule has 1 aromatic carbocycles. The molecule has 1 atom stereocenters. The highest BCUT2D eigenvalue weighted by Crippen LogP contribution is 2.28. The predicted octanol–water partition coefficient (Wildman–Crippen LogP) is 3.48. The van der Waals surface area contributed by atoms with Gasteiger partial charge in [0.1, 0.15) is 0 Å². The Kier molecular flexibility index (Phi) is 4.01. The minimum absolute atomic E-state index is 0.177. The Bertz CT molecular complexity index is 522. The van der Waals surface area contributed by atoms with E-state index in [9.17, 15) is 0 Å². The zero-order chi connectivity index (χ0) is 12.4. The number of aryl methyl sites for hydroxylation is 1. The summed E-state index contributed by atoms with van der Waals surface area (Å²) in [5.41, 5.74) is 8.37. The van der Waals surface area contributed by atoms with E-state index in [0.29, 0.717) is 0 Å². The number of rotatable bonds is 3. The lowest BCUT2D eigenvalue weighted by Gasteiger charge is -2.15. The molecule has 0 saturated heterocycles. The van der Waals surface area contributed by atoms with E-state index in [1.165, 1.54) is 0 Å². The Morgan fingerprint density at radius 3 is 2.82 bits per heavy atom. The van der Waals surface area contributed by atoms with Crippen LogP contribution in [0.15, 0.2) is 39.4 Å². The van der Waals surface area contributed by atoms with Crippen molar-refractivity contribution in [2.75, 3.05) is 0 Å². The maximum absolute atomic E-state index is 6.30. The Balaban J connectivity index is 2.43. The van der Waals surface area contributed by atoms with E-state index in [0.717, 1.165) is 26.7 Å². The molecule has 3 nitrogen and oxygen atoms in total.